The van der Waals surface area contributed by atoms with Crippen molar-refractivity contribution >= 4 is 23.2 Å². The third-order valence-electron chi connectivity index (χ3n) is 10.8. The molecule has 300 valence electrons. The number of nitrogens with one attached hydrogen (secondary N) is 1. The fourth-order valence-electron chi connectivity index (χ4n) is 7.77. The van der Waals surface area contributed by atoms with Crippen molar-refractivity contribution in [1.82, 2.24) is 15.1 Å². The zero-order valence-corrected chi connectivity index (χ0v) is 31.1. The monoisotopic (exact) mass is 787 g/mol. The number of hydrogen-bond donors (Lipinski definition) is 2. The third kappa shape index (κ3) is 9.62. The topological polar surface area (TPSA) is 138 Å². The highest BCUT2D eigenvalue weighted by Gasteiger charge is 2.47. The predicted octanol–water partition coefficient (Wildman–Crippen LogP) is 6.29. The van der Waals surface area contributed by atoms with Crippen LogP contribution in [0.1, 0.15) is 53.9 Å². The van der Waals surface area contributed by atoms with Crippen LogP contribution in [0, 0.1) is 10.1 Å². The maximum Gasteiger partial charge on any atom is 0.471 e. The molecule has 2 N–H and O–H groups in total. The molecule has 4 aromatic rings. The van der Waals surface area contributed by atoms with Crippen LogP contribution in [0.3, 0.4) is 0 Å². The van der Waals surface area contributed by atoms with Crippen LogP contribution in [-0.2, 0) is 32.2 Å². The van der Waals surface area contributed by atoms with Crippen molar-refractivity contribution in [2.24, 2.45) is 0 Å². The Labute approximate surface area is 327 Å². The van der Waals surface area contributed by atoms with E-state index in [1.807, 2.05) is 72.8 Å². The summed E-state index contributed by atoms with van der Waals surface area (Å²) in [5.41, 5.74) is 6.07. The molecule has 15 heteroatoms. The standard InChI is InChI=1S/C42H44F3N5O7/c43-42(44,45)41(53)49-17-3-8-37(49)39(52)46-25-29-4-1-5-31(22-29)32-6-2-7-33(23-32)40-56-36(24-38(57-40)30-11-9-28(27-51)10-12-30)26-47-18-20-48(21-19-47)34-13-15-35(16-14-34)50(54)55/h1-2,4-7,9-16,22-23,36-38,40,51H,3,8,17-21,24-27H2,(H,46,52)/t36-,37-,38+,40+/m0/s1. The van der Waals surface area contributed by atoms with Crippen molar-refractivity contribution in [1.29, 1.82) is 0 Å². The zero-order chi connectivity index (χ0) is 40.1. The minimum absolute atomic E-state index is 0.0610. The Morgan fingerprint density at radius 3 is 2.23 bits per heavy atom. The van der Waals surface area contributed by atoms with Gasteiger partial charge >= 0.3 is 12.1 Å². The summed E-state index contributed by atoms with van der Waals surface area (Å²) in [5.74, 6) is -2.62. The Morgan fingerprint density at radius 2 is 1.54 bits per heavy atom. The minimum atomic E-state index is -5.04. The van der Waals surface area contributed by atoms with Gasteiger partial charge in [0, 0.05) is 75.6 Å². The first kappa shape index (κ1) is 39.9. The van der Waals surface area contributed by atoms with Gasteiger partial charge in [-0.25, -0.2) is 0 Å². The van der Waals surface area contributed by atoms with Crippen molar-refractivity contribution in [3.05, 3.63) is 129 Å². The van der Waals surface area contributed by atoms with Gasteiger partial charge in [-0.1, -0.05) is 60.7 Å². The number of ether oxygens (including phenoxy) is 2. The Morgan fingerprint density at radius 1 is 0.842 bits per heavy atom. The van der Waals surface area contributed by atoms with Gasteiger partial charge in [-0.05, 0) is 64.9 Å². The van der Waals surface area contributed by atoms with Gasteiger partial charge in [-0.15, -0.1) is 0 Å². The Balaban J connectivity index is 1.03. The lowest BCUT2D eigenvalue weighted by atomic mass is 9.98. The van der Waals surface area contributed by atoms with E-state index in [1.165, 1.54) is 12.1 Å². The van der Waals surface area contributed by atoms with Crippen LogP contribution in [0.5, 0.6) is 0 Å². The fraction of sp³-hybridized carbons (Fsp3) is 0.381. The maximum absolute atomic E-state index is 13.1. The molecule has 0 radical (unpaired) electrons. The van der Waals surface area contributed by atoms with E-state index in [0.717, 1.165) is 65.2 Å². The number of amides is 2. The van der Waals surface area contributed by atoms with Gasteiger partial charge in [0.25, 0.3) is 5.69 Å². The van der Waals surface area contributed by atoms with Crippen LogP contribution in [0.2, 0.25) is 0 Å². The number of nitro benzene ring substituents is 1. The minimum Gasteiger partial charge on any atom is -0.392 e. The highest BCUT2D eigenvalue weighted by molar-refractivity contribution is 5.90. The van der Waals surface area contributed by atoms with Gasteiger partial charge in [-0.2, -0.15) is 13.2 Å². The smallest absolute Gasteiger partial charge is 0.392 e. The number of anilines is 1. The van der Waals surface area contributed by atoms with E-state index in [9.17, 15) is 38.0 Å². The van der Waals surface area contributed by atoms with Gasteiger partial charge in [0.1, 0.15) is 6.04 Å². The second-order valence-corrected chi connectivity index (χ2v) is 14.6. The number of nitrogens with zero attached hydrogens (tertiary/aromatic N) is 4. The lowest BCUT2D eigenvalue weighted by Gasteiger charge is -2.41. The molecular formula is C42H44F3N5O7. The summed E-state index contributed by atoms with van der Waals surface area (Å²) in [5, 5.41) is 23.4. The molecule has 0 aromatic heterocycles. The van der Waals surface area contributed by atoms with Gasteiger partial charge < -0.3 is 29.7 Å². The number of piperazine rings is 1. The molecule has 3 heterocycles. The van der Waals surface area contributed by atoms with E-state index in [2.05, 4.69) is 15.1 Å². The second-order valence-electron chi connectivity index (χ2n) is 14.6. The van der Waals surface area contributed by atoms with Crippen molar-refractivity contribution in [2.45, 2.75) is 63.1 Å². The molecule has 3 aliphatic heterocycles. The van der Waals surface area contributed by atoms with Crippen LogP contribution < -0.4 is 10.2 Å². The molecule has 3 fully saturated rings. The summed E-state index contributed by atoms with van der Waals surface area (Å²) >= 11 is 0. The molecule has 57 heavy (non-hydrogen) atoms. The summed E-state index contributed by atoms with van der Waals surface area (Å²) < 4.78 is 52.6. The van der Waals surface area contributed by atoms with Crippen LogP contribution in [0.25, 0.3) is 11.1 Å². The van der Waals surface area contributed by atoms with Crippen molar-refractivity contribution in [3.8, 4) is 11.1 Å². The number of hydrogen-bond acceptors (Lipinski definition) is 9. The first-order valence-corrected chi connectivity index (χ1v) is 19.0. The number of rotatable bonds is 11. The summed E-state index contributed by atoms with van der Waals surface area (Å²) in [7, 11) is 0. The molecule has 3 aliphatic rings. The largest absolute Gasteiger partial charge is 0.471 e. The van der Waals surface area contributed by atoms with Crippen molar-refractivity contribution in [3.63, 3.8) is 0 Å². The average molecular weight is 788 g/mol. The van der Waals surface area contributed by atoms with Crippen molar-refractivity contribution < 1.29 is 42.3 Å². The van der Waals surface area contributed by atoms with Gasteiger partial charge in [0.15, 0.2) is 6.29 Å². The van der Waals surface area contributed by atoms with Gasteiger partial charge in [-0.3, -0.25) is 24.6 Å². The summed E-state index contributed by atoms with van der Waals surface area (Å²) in [6.07, 6.45) is -5.07. The van der Waals surface area contributed by atoms with Crippen LogP contribution in [-0.4, -0.2) is 89.2 Å². The highest BCUT2D eigenvalue weighted by atomic mass is 19.4. The number of likely N-dealkylation sites (tertiary alicyclic amines) is 1. The van der Waals surface area contributed by atoms with Crippen LogP contribution in [0.4, 0.5) is 24.5 Å². The molecular weight excluding hydrogens is 743 g/mol. The van der Waals surface area contributed by atoms with Crippen LogP contribution >= 0.6 is 0 Å². The first-order valence-electron chi connectivity index (χ1n) is 19.0. The number of nitro groups is 1. The lowest BCUT2D eigenvalue weighted by molar-refractivity contribution is -0.384. The average Bonchev–Trinajstić information content (AvgIpc) is 3.73. The Hall–Kier alpha value is -5.35. The maximum atomic E-state index is 13.1. The molecule has 0 bridgehead atoms. The molecule has 4 aromatic carbocycles. The number of carbonyl (C=O) groups excluding carboxylic acids is 2. The molecule has 4 atom stereocenters. The first-order chi connectivity index (χ1) is 27.4. The summed E-state index contributed by atoms with van der Waals surface area (Å²) in [6, 6.07) is 28.5. The predicted molar refractivity (Wildman–Crippen MR) is 205 cm³/mol. The number of benzene rings is 4. The SMILES string of the molecule is O=C(NCc1cccc(-c2cccc([C@@H]3O[C@H](CN4CCN(c5ccc([N+](=O)[O-])cc5)CC4)C[C@H](c4ccc(CO)cc4)O3)c2)c1)[C@@H]1CCCN1C(=O)C(F)(F)F. The number of aliphatic hydroxyl groups is 1. The van der Waals surface area contributed by atoms with E-state index in [-0.39, 0.29) is 44.0 Å². The van der Waals surface area contributed by atoms with E-state index < -0.39 is 35.2 Å². The van der Waals surface area contributed by atoms with E-state index in [4.69, 9.17) is 9.47 Å². The number of halogens is 3. The van der Waals surface area contributed by atoms with E-state index in [1.54, 1.807) is 12.1 Å². The Bertz CT molecular complexity index is 2040. The molecule has 3 saturated heterocycles. The van der Waals surface area contributed by atoms with E-state index in [0.29, 0.717) is 24.3 Å². The molecule has 7 rings (SSSR count). The number of alkyl halides is 3. The molecule has 12 nitrogen and oxygen atoms in total. The van der Waals surface area contributed by atoms with E-state index >= 15 is 0 Å². The number of non-ortho nitro benzene ring substituents is 1. The highest BCUT2D eigenvalue weighted by Crippen LogP contribution is 2.39. The molecule has 0 saturated carbocycles. The van der Waals surface area contributed by atoms with Crippen LogP contribution in [0.15, 0.2) is 97.1 Å². The normalized spacial score (nSPS) is 21.7. The summed E-state index contributed by atoms with van der Waals surface area (Å²) in [4.78, 5) is 40.7. The lowest BCUT2D eigenvalue weighted by Crippen LogP contribution is -2.50. The second kappa shape index (κ2) is 17.4. The Kier molecular flexibility index (Phi) is 12.2. The molecule has 2 amide bonds. The van der Waals surface area contributed by atoms with Gasteiger partial charge in [0.05, 0.1) is 23.7 Å². The fourth-order valence-corrected chi connectivity index (χ4v) is 7.77. The number of aliphatic hydroxyl groups excluding tert-OH is 1. The molecule has 0 spiro atoms. The van der Waals surface area contributed by atoms with Crippen molar-refractivity contribution in [2.75, 3.05) is 44.2 Å². The zero-order valence-electron chi connectivity index (χ0n) is 31.1. The summed E-state index contributed by atoms with van der Waals surface area (Å²) in [6.45, 7) is 3.67. The molecule has 0 aliphatic carbocycles. The molecule has 0 unspecified atom stereocenters. The third-order valence-corrected chi connectivity index (χ3v) is 10.8. The number of carbonyl (C=O) groups is 2. The van der Waals surface area contributed by atoms with Gasteiger partial charge in [0.2, 0.25) is 5.91 Å². The quantitative estimate of drug-likeness (QED) is 0.133.